The molecular weight excluding hydrogens is 292 g/mol. The Labute approximate surface area is 124 Å². The van der Waals surface area contributed by atoms with Crippen molar-refractivity contribution in [2.45, 2.75) is 0 Å². The summed E-state index contributed by atoms with van der Waals surface area (Å²) in [5.41, 5.74) is 0.944. The Hall–Kier alpha value is -1.99. The van der Waals surface area contributed by atoms with E-state index in [4.69, 9.17) is 0 Å². The van der Waals surface area contributed by atoms with Gasteiger partial charge in [-0.05, 0) is 35.5 Å². The minimum Gasteiger partial charge on any atom is -0.289 e. The zero-order valence-electron chi connectivity index (χ0n) is 10.6. The van der Waals surface area contributed by atoms with Gasteiger partial charge in [0, 0.05) is 31.0 Å². The third kappa shape index (κ3) is 2.63. The highest BCUT2D eigenvalue weighted by Crippen LogP contribution is 2.33. The number of amides is 1. The topological polar surface area (TPSA) is 58.5 Å². The summed E-state index contributed by atoms with van der Waals surface area (Å²) in [5, 5.41) is 3.15. The van der Waals surface area contributed by atoms with Crippen molar-refractivity contribution < 1.29 is 4.79 Å². The van der Waals surface area contributed by atoms with Crippen LogP contribution in [-0.4, -0.2) is 33.0 Å². The van der Waals surface area contributed by atoms with Crippen molar-refractivity contribution in [3.8, 4) is 0 Å². The molecule has 0 aromatic carbocycles. The molecule has 0 saturated carbocycles. The Morgan fingerprint density at radius 1 is 1.30 bits per heavy atom. The fourth-order valence-electron chi connectivity index (χ4n) is 1.62. The van der Waals surface area contributed by atoms with Gasteiger partial charge < -0.3 is 0 Å². The summed E-state index contributed by atoms with van der Waals surface area (Å²) in [6.45, 7) is 0. The van der Waals surface area contributed by atoms with Crippen LogP contribution >= 0.6 is 23.1 Å². The summed E-state index contributed by atoms with van der Waals surface area (Å²) < 4.78 is 0. The van der Waals surface area contributed by atoms with Crippen LogP contribution in [0.4, 0.5) is 5.13 Å². The van der Waals surface area contributed by atoms with Crippen molar-refractivity contribution in [2.75, 3.05) is 7.05 Å². The fraction of sp³-hybridized carbons (Fsp3) is 0.0769. The van der Waals surface area contributed by atoms with E-state index in [1.165, 1.54) is 23.1 Å². The number of thiazole rings is 1. The first-order valence-corrected chi connectivity index (χ1v) is 7.49. The van der Waals surface area contributed by atoms with Crippen molar-refractivity contribution in [2.24, 2.45) is 4.99 Å². The molecule has 1 saturated heterocycles. The van der Waals surface area contributed by atoms with E-state index in [-0.39, 0.29) is 5.91 Å². The van der Waals surface area contributed by atoms with Gasteiger partial charge in [0.05, 0.1) is 4.91 Å². The molecule has 3 heterocycles. The van der Waals surface area contributed by atoms with Crippen LogP contribution in [-0.2, 0) is 4.79 Å². The number of carbonyl (C=O) groups is 1. The third-order valence-corrected chi connectivity index (χ3v) is 4.34. The summed E-state index contributed by atoms with van der Waals surface area (Å²) in [4.78, 5) is 26.8. The fourth-order valence-corrected chi connectivity index (χ4v) is 3.15. The van der Waals surface area contributed by atoms with Crippen LogP contribution in [0, 0.1) is 0 Å². The van der Waals surface area contributed by atoms with Crippen LogP contribution in [0.5, 0.6) is 0 Å². The minimum absolute atomic E-state index is 0.0536. The Balaban J connectivity index is 1.89. The van der Waals surface area contributed by atoms with Crippen molar-refractivity contribution in [3.63, 3.8) is 0 Å². The summed E-state index contributed by atoms with van der Waals surface area (Å²) >= 11 is 2.79. The van der Waals surface area contributed by atoms with Crippen LogP contribution < -0.4 is 0 Å². The highest BCUT2D eigenvalue weighted by molar-refractivity contribution is 8.18. The largest absolute Gasteiger partial charge is 0.289 e. The number of amidine groups is 1. The number of likely N-dealkylation sites (N-methyl/N-ethyl adjacent to an activating group) is 1. The van der Waals surface area contributed by atoms with E-state index < -0.39 is 0 Å². The van der Waals surface area contributed by atoms with Gasteiger partial charge in [0.25, 0.3) is 5.91 Å². The van der Waals surface area contributed by atoms with Crippen molar-refractivity contribution in [1.82, 2.24) is 14.9 Å². The van der Waals surface area contributed by atoms with Gasteiger partial charge in [-0.1, -0.05) is 0 Å². The molecule has 0 spiro atoms. The molecule has 5 nitrogen and oxygen atoms in total. The first-order chi connectivity index (χ1) is 9.74. The number of rotatable bonds is 2. The summed E-state index contributed by atoms with van der Waals surface area (Å²) in [6.07, 6.45) is 6.93. The van der Waals surface area contributed by atoms with Crippen LogP contribution in [0.15, 0.2) is 46.0 Å². The maximum absolute atomic E-state index is 12.2. The number of aromatic nitrogens is 2. The average Bonchev–Trinajstić information content (AvgIpc) is 3.06. The molecule has 0 N–H and O–H groups in total. The predicted molar refractivity (Wildman–Crippen MR) is 81.8 cm³/mol. The number of hydrogen-bond acceptors (Lipinski definition) is 6. The lowest BCUT2D eigenvalue weighted by Gasteiger charge is -2.05. The third-order valence-electron chi connectivity index (χ3n) is 2.62. The molecule has 100 valence electrons. The Morgan fingerprint density at radius 3 is 2.80 bits per heavy atom. The maximum Gasteiger partial charge on any atom is 0.266 e. The number of thioether (sulfide) groups is 1. The number of nitrogens with zero attached hydrogens (tertiary/aromatic N) is 4. The highest BCUT2D eigenvalue weighted by Gasteiger charge is 2.30. The Kier molecular flexibility index (Phi) is 3.62. The zero-order chi connectivity index (χ0) is 13.9. The molecule has 0 bridgehead atoms. The normalized spacial score (nSPS) is 19.2. The molecule has 1 fully saturated rings. The summed E-state index contributed by atoms with van der Waals surface area (Å²) in [7, 11) is 1.72. The van der Waals surface area contributed by atoms with Gasteiger partial charge in [-0.25, -0.2) is 4.98 Å². The Bertz CT molecular complexity index is 680. The Morgan fingerprint density at radius 2 is 2.10 bits per heavy atom. The van der Waals surface area contributed by atoms with E-state index in [0.717, 1.165) is 5.56 Å². The minimum atomic E-state index is -0.0536. The molecule has 7 heteroatoms. The van der Waals surface area contributed by atoms with E-state index in [2.05, 4.69) is 15.0 Å². The van der Waals surface area contributed by atoms with Crippen molar-refractivity contribution >= 4 is 45.4 Å². The second-order valence-electron chi connectivity index (χ2n) is 3.96. The van der Waals surface area contributed by atoms with Gasteiger partial charge in [0.1, 0.15) is 0 Å². The standard InChI is InChI=1S/C13H10N4OS2/c1-17-11(18)10(8-9-2-4-14-5-3-9)20-13(17)16-12-15-6-7-19-12/h2-8H,1H3/b10-8-,16-13+. The molecule has 1 aliphatic rings. The first-order valence-electron chi connectivity index (χ1n) is 5.80. The van der Waals surface area contributed by atoms with E-state index in [0.29, 0.717) is 15.2 Å². The van der Waals surface area contributed by atoms with Gasteiger partial charge in [0.2, 0.25) is 5.13 Å². The van der Waals surface area contributed by atoms with Gasteiger partial charge in [-0.2, -0.15) is 4.99 Å². The maximum atomic E-state index is 12.2. The quantitative estimate of drug-likeness (QED) is 0.800. The predicted octanol–water partition coefficient (Wildman–Crippen LogP) is 2.77. The monoisotopic (exact) mass is 302 g/mol. The van der Waals surface area contributed by atoms with Crippen molar-refractivity contribution in [1.29, 1.82) is 0 Å². The van der Waals surface area contributed by atoms with Crippen LogP contribution in [0.3, 0.4) is 0 Å². The molecular formula is C13H10N4OS2. The van der Waals surface area contributed by atoms with Gasteiger partial charge >= 0.3 is 0 Å². The molecule has 20 heavy (non-hydrogen) atoms. The smallest absolute Gasteiger partial charge is 0.266 e. The van der Waals surface area contributed by atoms with Crippen LogP contribution in [0.2, 0.25) is 0 Å². The summed E-state index contributed by atoms with van der Waals surface area (Å²) in [5.74, 6) is -0.0536. The van der Waals surface area contributed by atoms with E-state index >= 15 is 0 Å². The lowest BCUT2D eigenvalue weighted by Crippen LogP contribution is -2.23. The van der Waals surface area contributed by atoms with Gasteiger partial charge in [-0.3, -0.25) is 14.7 Å². The van der Waals surface area contributed by atoms with Crippen LogP contribution in [0.25, 0.3) is 6.08 Å². The van der Waals surface area contributed by atoms with Crippen molar-refractivity contribution in [3.05, 3.63) is 46.6 Å². The molecule has 1 aliphatic heterocycles. The molecule has 0 aliphatic carbocycles. The molecule has 2 aromatic heterocycles. The summed E-state index contributed by atoms with van der Waals surface area (Å²) in [6, 6.07) is 3.72. The molecule has 0 atom stereocenters. The average molecular weight is 302 g/mol. The molecule has 0 unspecified atom stereocenters. The van der Waals surface area contributed by atoms with E-state index in [9.17, 15) is 4.79 Å². The number of carbonyl (C=O) groups excluding carboxylic acids is 1. The van der Waals surface area contributed by atoms with Gasteiger partial charge in [0.15, 0.2) is 5.17 Å². The molecule has 0 radical (unpaired) electrons. The van der Waals surface area contributed by atoms with Gasteiger partial charge in [-0.15, -0.1) is 11.3 Å². The molecule has 2 aromatic rings. The van der Waals surface area contributed by atoms with Crippen LogP contribution in [0.1, 0.15) is 5.56 Å². The number of aliphatic imine (C=N–C) groups is 1. The lowest BCUT2D eigenvalue weighted by atomic mass is 10.2. The second-order valence-corrected chi connectivity index (χ2v) is 5.85. The van der Waals surface area contributed by atoms with E-state index in [1.807, 2.05) is 23.6 Å². The number of hydrogen-bond donors (Lipinski definition) is 0. The SMILES string of the molecule is CN1C(=O)/C(=C/c2ccncc2)S/C1=N/c1nccs1. The zero-order valence-corrected chi connectivity index (χ0v) is 12.2. The second kappa shape index (κ2) is 5.56. The van der Waals surface area contributed by atoms with E-state index in [1.54, 1.807) is 30.5 Å². The highest BCUT2D eigenvalue weighted by atomic mass is 32.2. The number of pyridine rings is 1. The lowest BCUT2D eigenvalue weighted by molar-refractivity contribution is -0.121. The molecule has 3 rings (SSSR count). The molecule has 1 amide bonds. The first kappa shape index (κ1) is 13.0.